The molecule has 1 heterocycles. The molecule has 1 aliphatic carbocycles. The molecule has 0 spiro atoms. The molecule has 1 fully saturated rings. The van der Waals surface area contributed by atoms with Crippen molar-refractivity contribution in [2.75, 3.05) is 7.05 Å². The van der Waals surface area contributed by atoms with Gasteiger partial charge in [-0.25, -0.2) is 4.68 Å². The minimum atomic E-state index is -0.382. The number of hydrogen-bond donors (Lipinski definition) is 2. The van der Waals surface area contributed by atoms with Crippen LogP contribution in [0.5, 0.6) is 0 Å². The number of carbonyl (C=O) groups is 1. The number of nitrogens with zero attached hydrogens (tertiary/aromatic N) is 2. The van der Waals surface area contributed by atoms with Gasteiger partial charge in [-0.2, -0.15) is 0 Å². The summed E-state index contributed by atoms with van der Waals surface area (Å²) in [4.78, 5) is 38.0. The highest BCUT2D eigenvalue weighted by Gasteiger charge is 2.25. The van der Waals surface area contributed by atoms with E-state index in [1.54, 1.807) is 36.2 Å². The van der Waals surface area contributed by atoms with Crippen LogP contribution in [0.25, 0.3) is 5.69 Å². The molecule has 3 N–H and O–H groups in total. The highest BCUT2D eigenvalue weighted by Crippen LogP contribution is 2.22. The zero-order valence-corrected chi connectivity index (χ0v) is 15.4. The predicted octanol–water partition coefficient (Wildman–Crippen LogP) is 1.29. The Morgan fingerprint density at radius 1 is 1.15 bits per heavy atom. The summed E-state index contributed by atoms with van der Waals surface area (Å²) in [6, 6.07) is 9.48. The van der Waals surface area contributed by atoms with E-state index in [-0.39, 0.29) is 41.5 Å². The maximum atomic E-state index is 12.8. The minimum Gasteiger partial charge on any atom is -0.339 e. The number of aromatic nitrogens is 2. The third-order valence-corrected chi connectivity index (χ3v) is 4.78. The van der Waals surface area contributed by atoms with Crippen molar-refractivity contribution in [3.05, 3.63) is 62.7 Å². The maximum absolute atomic E-state index is 12.8. The Labute approximate surface area is 157 Å². The largest absolute Gasteiger partial charge is 0.339 e. The summed E-state index contributed by atoms with van der Waals surface area (Å²) < 4.78 is 1.14. The number of aromatic amines is 1. The van der Waals surface area contributed by atoms with E-state index < -0.39 is 0 Å². The second-order valence-electron chi connectivity index (χ2n) is 6.52. The van der Waals surface area contributed by atoms with Gasteiger partial charge in [-0.3, -0.25) is 19.5 Å². The third-order valence-electron chi connectivity index (χ3n) is 4.78. The lowest BCUT2D eigenvalue weighted by molar-refractivity contribution is 0.0690. The van der Waals surface area contributed by atoms with Gasteiger partial charge in [-0.05, 0) is 43.9 Å². The van der Waals surface area contributed by atoms with E-state index in [1.165, 1.54) is 12.1 Å². The Morgan fingerprint density at radius 3 is 2.54 bits per heavy atom. The van der Waals surface area contributed by atoms with Gasteiger partial charge in [0.15, 0.2) is 0 Å². The molecule has 0 saturated heterocycles. The number of nitrogens with two attached hydrogens (primary N) is 1. The van der Waals surface area contributed by atoms with Crippen molar-refractivity contribution in [2.45, 2.75) is 37.8 Å². The molecule has 8 heteroatoms. The number of rotatable bonds is 3. The Morgan fingerprint density at radius 2 is 1.85 bits per heavy atom. The van der Waals surface area contributed by atoms with E-state index in [9.17, 15) is 14.4 Å². The molecule has 0 atom stereocenters. The van der Waals surface area contributed by atoms with Crippen molar-refractivity contribution in [1.29, 1.82) is 0 Å². The van der Waals surface area contributed by atoms with Crippen LogP contribution in [0, 0.1) is 0 Å². The normalized spacial score (nSPS) is 19.5. The summed E-state index contributed by atoms with van der Waals surface area (Å²) in [6.45, 7) is 0. The first kappa shape index (κ1) is 19.9. The van der Waals surface area contributed by atoms with Crippen molar-refractivity contribution < 1.29 is 4.79 Å². The van der Waals surface area contributed by atoms with E-state index in [2.05, 4.69) is 5.10 Å². The second-order valence-corrected chi connectivity index (χ2v) is 6.52. The molecule has 0 unspecified atom stereocenters. The van der Waals surface area contributed by atoms with Gasteiger partial charge in [0.1, 0.15) is 0 Å². The molecule has 2 aromatic rings. The summed E-state index contributed by atoms with van der Waals surface area (Å²) in [5, 5.41) is 2.47. The molecule has 7 nitrogen and oxygen atoms in total. The van der Waals surface area contributed by atoms with Crippen molar-refractivity contribution in [2.24, 2.45) is 5.73 Å². The number of carbonyl (C=O) groups excluding carboxylic acids is 1. The van der Waals surface area contributed by atoms with Crippen LogP contribution in [0.1, 0.15) is 36.0 Å². The summed E-state index contributed by atoms with van der Waals surface area (Å²) in [5.74, 6) is -0.103. The SMILES string of the molecule is CN(C(=O)c1cccc(-n2[nH]c(=O)ccc2=O)c1)C1CCC(N)CC1.Cl. The van der Waals surface area contributed by atoms with Gasteiger partial charge in [0.2, 0.25) is 0 Å². The van der Waals surface area contributed by atoms with Crippen LogP contribution in [0.3, 0.4) is 0 Å². The van der Waals surface area contributed by atoms with Gasteiger partial charge >= 0.3 is 0 Å². The fourth-order valence-corrected chi connectivity index (χ4v) is 3.25. The van der Waals surface area contributed by atoms with Gasteiger partial charge in [0.05, 0.1) is 5.69 Å². The molecule has 0 aliphatic heterocycles. The summed E-state index contributed by atoms with van der Waals surface area (Å²) in [7, 11) is 1.80. The highest BCUT2D eigenvalue weighted by atomic mass is 35.5. The molecule has 3 rings (SSSR count). The van der Waals surface area contributed by atoms with Crippen molar-refractivity contribution in [3.8, 4) is 5.69 Å². The number of amides is 1. The summed E-state index contributed by atoms with van der Waals surface area (Å²) in [6.07, 6.45) is 3.63. The number of halogens is 1. The van der Waals surface area contributed by atoms with Gasteiger partial charge in [0.25, 0.3) is 17.0 Å². The standard InChI is InChI=1S/C18H22N4O3.ClH/c1-21(14-7-5-13(19)6-8-14)18(25)12-3-2-4-15(11-12)22-17(24)10-9-16(23)20-22;/h2-4,9-11,13-14H,5-8,19H2,1H3,(H,20,23);1H. The lowest BCUT2D eigenvalue weighted by atomic mass is 9.90. The van der Waals surface area contributed by atoms with Crippen LogP contribution < -0.4 is 16.9 Å². The molecule has 1 amide bonds. The van der Waals surface area contributed by atoms with Gasteiger partial charge in [0, 0.05) is 36.8 Å². The maximum Gasteiger partial charge on any atom is 0.269 e. The topological polar surface area (TPSA) is 101 Å². The number of nitrogens with one attached hydrogen (secondary N) is 1. The number of hydrogen-bond acceptors (Lipinski definition) is 4. The van der Waals surface area contributed by atoms with Crippen molar-refractivity contribution in [3.63, 3.8) is 0 Å². The average Bonchev–Trinajstić information content (AvgIpc) is 2.63. The van der Waals surface area contributed by atoms with Crippen LogP contribution in [-0.4, -0.2) is 39.7 Å². The molecule has 1 aliphatic rings. The van der Waals surface area contributed by atoms with Crippen LogP contribution >= 0.6 is 12.4 Å². The predicted molar refractivity (Wildman–Crippen MR) is 102 cm³/mol. The Hall–Kier alpha value is -2.38. The van der Waals surface area contributed by atoms with Crippen LogP contribution in [-0.2, 0) is 0 Å². The molecular formula is C18H23ClN4O3. The van der Waals surface area contributed by atoms with Gasteiger partial charge < -0.3 is 10.6 Å². The zero-order chi connectivity index (χ0) is 18.0. The molecule has 0 bridgehead atoms. The average molecular weight is 379 g/mol. The van der Waals surface area contributed by atoms with Crippen molar-refractivity contribution >= 4 is 18.3 Å². The highest BCUT2D eigenvalue weighted by molar-refractivity contribution is 5.94. The fourth-order valence-electron chi connectivity index (χ4n) is 3.25. The molecule has 140 valence electrons. The van der Waals surface area contributed by atoms with Crippen LogP contribution in [0.15, 0.2) is 46.0 Å². The van der Waals surface area contributed by atoms with E-state index >= 15 is 0 Å². The third kappa shape index (κ3) is 4.23. The quantitative estimate of drug-likeness (QED) is 0.840. The zero-order valence-electron chi connectivity index (χ0n) is 14.6. The molecule has 26 heavy (non-hydrogen) atoms. The van der Waals surface area contributed by atoms with Crippen molar-refractivity contribution in [1.82, 2.24) is 14.7 Å². The Bertz CT molecular complexity index is 884. The second kappa shape index (κ2) is 8.33. The summed E-state index contributed by atoms with van der Waals surface area (Å²) in [5.41, 5.74) is 6.12. The first-order valence-corrected chi connectivity index (χ1v) is 8.41. The molecular weight excluding hydrogens is 356 g/mol. The number of benzene rings is 1. The van der Waals surface area contributed by atoms with Crippen LogP contribution in [0.4, 0.5) is 0 Å². The Kier molecular flexibility index (Phi) is 6.39. The van der Waals surface area contributed by atoms with E-state index in [4.69, 9.17) is 5.73 Å². The first-order chi connectivity index (χ1) is 12.0. The molecule has 1 aromatic carbocycles. The molecule has 1 aromatic heterocycles. The smallest absolute Gasteiger partial charge is 0.269 e. The summed E-state index contributed by atoms with van der Waals surface area (Å²) >= 11 is 0. The molecule has 1 saturated carbocycles. The van der Waals surface area contributed by atoms with E-state index in [1.807, 2.05) is 0 Å². The fraction of sp³-hybridized carbons (Fsp3) is 0.389. The lowest BCUT2D eigenvalue weighted by Crippen LogP contribution is -2.41. The first-order valence-electron chi connectivity index (χ1n) is 8.41. The lowest BCUT2D eigenvalue weighted by Gasteiger charge is -2.33. The van der Waals surface area contributed by atoms with Crippen LogP contribution in [0.2, 0.25) is 0 Å². The van der Waals surface area contributed by atoms with Gasteiger partial charge in [-0.1, -0.05) is 6.07 Å². The molecule has 0 radical (unpaired) electrons. The van der Waals surface area contributed by atoms with E-state index in [0.29, 0.717) is 11.3 Å². The minimum absolute atomic E-state index is 0. The van der Waals surface area contributed by atoms with Gasteiger partial charge in [-0.15, -0.1) is 12.4 Å². The van der Waals surface area contributed by atoms with E-state index in [0.717, 1.165) is 30.4 Å². The monoisotopic (exact) mass is 378 g/mol. The number of H-pyrrole nitrogens is 1. The Balaban J connectivity index is 0.00000243.